The molecule has 1 aromatic carbocycles. The third-order valence-corrected chi connectivity index (χ3v) is 6.28. The van der Waals surface area contributed by atoms with Gasteiger partial charge in [-0.25, -0.2) is 12.8 Å². The van der Waals surface area contributed by atoms with E-state index in [2.05, 4.69) is 5.10 Å². The van der Waals surface area contributed by atoms with E-state index >= 15 is 0 Å². The van der Waals surface area contributed by atoms with Gasteiger partial charge in [0.15, 0.2) is 11.6 Å². The van der Waals surface area contributed by atoms with E-state index in [-0.39, 0.29) is 16.7 Å². The van der Waals surface area contributed by atoms with Gasteiger partial charge in [0.2, 0.25) is 10.0 Å². The number of sulfonamides is 1. The zero-order valence-corrected chi connectivity index (χ0v) is 15.2. The van der Waals surface area contributed by atoms with Gasteiger partial charge in [0, 0.05) is 25.4 Å². The van der Waals surface area contributed by atoms with Crippen LogP contribution in [0.3, 0.4) is 0 Å². The van der Waals surface area contributed by atoms with Crippen LogP contribution in [0.1, 0.15) is 37.8 Å². The molecule has 8 heteroatoms. The standard InChI is InChI=1S/C17H22FN3O3S/c1-3-24-17-8-7-14(10-15(17)18)25(22,23)21-9-5-4-6-16(21)13-11-19-20(2)12-13/h7-8,10-12,16H,3-6,9H2,1-2H3. The fourth-order valence-corrected chi connectivity index (χ4v) is 4.88. The number of aryl methyl sites for hydroxylation is 1. The van der Waals surface area contributed by atoms with E-state index in [0.29, 0.717) is 13.2 Å². The van der Waals surface area contributed by atoms with Gasteiger partial charge in [-0.2, -0.15) is 9.40 Å². The minimum Gasteiger partial charge on any atom is -0.491 e. The van der Waals surface area contributed by atoms with Gasteiger partial charge in [-0.05, 0) is 38.0 Å². The minimum absolute atomic E-state index is 0.0516. The predicted octanol–water partition coefficient (Wildman–Crippen LogP) is 2.87. The molecule has 136 valence electrons. The van der Waals surface area contributed by atoms with Gasteiger partial charge in [0.25, 0.3) is 0 Å². The van der Waals surface area contributed by atoms with Crippen LogP contribution in [0.4, 0.5) is 4.39 Å². The molecule has 0 N–H and O–H groups in total. The maximum atomic E-state index is 14.1. The maximum Gasteiger partial charge on any atom is 0.243 e. The molecule has 3 rings (SSSR count). The van der Waals surface area contributed by atoms with Crippen LogP contribution >= 0.6 is 0 Å². The van der Waals surface area contributed by atoms with Crippen molar-refractivity contribution < 1.29 is 17.5 Å². The zero-order valence-electron chi connectivity index (χ0n) is 14.4. The average molecular weight is 367 g/mol. The molecule has 6 nitrogen and oxygen atoms in total. The van der Waals surface area contributed by atoms with Crippen LogP contribution in [0.25, 0.3) is 0 Å². The Balaban J connectivity index is 1.95. The van der Waals surface area contributed by atoms with E-state index in [4.69, 9.17) is 4.74 Å². The number of aromatic nitrogens is 2. The SMILES string of the molecule is CCOc1ccc(S(=O)(=O)N2CCCCC2c2cnn(C)c2)cc1F. The van der Waals surface area contributed by atoms with Gasteiger partial charge in [0.05, 0.1) is 23.7 Å². The summed E-state index contributed by atoms with van der Waals surface area (Å²) in [7, 11) is -2.00. The molecule has 1 aliphatic heterocycles. The average Bonchev–Trinajstić information content (AvgIpc) is 3.03. The summed E-state index contributed by atoms with van der Waals surface area (Å²) in [6, 6.07) is 3.53. The first-order valence-electron chi connectivity index (χ1n) is 8.36. The van der Waals surface area contributed by atoms with E-state index in [0.717, 1.165) is 30.9 Å². The first-order valence-corrected chi connectivity index (χ1v) is 9.80. The summed E-state index contributed by atoms with van der Waals surface area (Å²) in [6.07, 6.45) is 5.98. The van der Waals surface area contributed by atoms with E-state index in [9.17, 15) is 12.8 Å². The van der Waals surface area contributed by atoms with Gasteiger partial charge in [-0.3, -0.25) is 4.68 Å². The number of hydrogen-bond acceptors (Lipinski definition) is 4. The second kappa shape index (κ2) is 7.13. The molecule has 0 amide bonds. The van der Waals surface area contributed by atoms with Gasteiger partial charge in [-0.1, -0.05) is 6.42 Å². The van der Waals surface area contributed by atoms with Crippen molar-refractivity contribution in [2.24, 2.45) is 7.05 Å². The van der Waals surface area contributed by atoms with E-state index in [1.54, 1.807) is 24.9 Å². The topological polar surface area (TPSA) is 64.4 Å². The molecule has 1 atom stereocenters. The van der Waals surface area contributed by atoms with Crippen molar-refractivity contribution >= 4 is 10.0 Å². The quantitative estimate of drug-likeness (QED) is 0.815. The highest BCUT2D eigenvalue weighted by atomic mass is 32.2. The van der Waals surface area contributed by atoms with Gasteiger partial charge >= 0.3 is 0 Å². The Bertz CT molecular complexity index is 851. The number of piperidine rings is 1. The molecule has 0 radical (unpaired) electrons. The Hall–Kier alpha value is -1.93. The highest BCUT2D eigenvalue weighted by molar-refractivity contribution is 7.89. The summed E-state index contributed by atoms with van der Waals surface area (Å²) in [4.78, 5) is -0.0516. The Morgan fingerprint density at radius 2 is 2.16 bits per heavy atom. The zero-order chi connectivity index (χ0) is 18.0. The number of rotatable bonds is 5. The van der Waals surface area contributed by atoms with E-state index in [1.807, 2.05) is 6.20 Å². The highest BCUT2D eigenvalue weighted by Crippen LogP contribution is 2.35. The molecular weight excluding hydrogens is 345 g/mol. The summed E-state index contributed by atoms with van der Waals surface area (Å²) in [5, 5.41) is 4.15. The lowest BCUT2D eigenvalue weighted by Gasteiger charge is -2.34. The highest BCUT2D eigenvalue weighted by Gasteiger charge is 2.35. The number of hydrogen-bond donors (Lipinski definition) is 0. The second-order valence-electron chi connectivity index (χ2n) is 6.10. The maximum absolute atomic E-state index is 14.1. The van der Waals surface area contributed by atoms with Crippen molar-refractivity contribution in [2.75, 3.05) is 13.2 Å². The van der Waals surface area contributed by atoms with Gasteiger partial charge in [-0.15, -0.1) is 0 Å². The molecule has 0 aliphatic carbocycles. The molecular formula is C17H22FN3O3S. The molecule has 1 fully saturated rings. The molecule has 1 aromatic heterocycles. The second-order valence-corrected chi connectivity index (χ2v) is 7.99. The summed E-state index contributed by atoms with van der Waals surface area (Å²) in [6.45, 7) is 2.48. The molecule has 0 spiro atoms. The van der Waals surface area contributed by atoms with E-state index in [1.165, 1.54) is 16.4 Å². The molecule has 1 saturated heterocycles. The lowest BCUT2D eigenvalue weighted by atomic mass is 10.0. The van der Waals surface area contributed by atoms with Crippen LogP contribution in [-0.2, 0) is 17.1 Å². The summed E-state index contributed by atoms with van der Waals surface area (Å²) >= 11 is 0. The van der Waals surface area contributed by atoms with Crippen LogP contribution in [0, 0.1) is 5.82 Å². The number of nitrogens with zero attached hydrogens (tertiary/aromatic N) is 3. The number of halogens is 1. The first-order chi connectivity index (χ1) is 11.9. The Labute approximate surface area is 147 Å². The van der Waals surface area contributed by atoms with Crippen LogP contribution in [0.5, 0.6) is 5.75 Å². The fourth-order valence-electron chi connectivity index (χ4n) is 3.19. The van der Waals surface area contributed by atoms with Crippen LogP contribution in [0.15, 0.2) is 35.5 Å². The lowest BCUT2D eigenvalue weighted by molar-refractivity contribution is 0.255. The monoisotopic (exact) mass is 367 g/mol. The molecule has 0 saturated carbocycles. The van der Waals surface area contributed by atoms with Crippen LogP contribution in [0.2, 0.25) is 0 Å². The molecule has 25 heavy (non-hydrogen) atoms. The summed E-state index contributed by atoms with van der Waals surface area (Å²) in [5.41, 5.74) is 0.859. The Morgan fingerprint density at radius 1 is 1.36 bits per heavy atom. The summed E-state index contributed by atoms with van der Waals surface area (Å²) in [5.74, 6) is -0.609. The van der Waals surface area contributed by atoms with Crippen molar-refractivity contribution in [3.63, 3.8) is 0 Å². The van der Waals surface area contributed by atoms with Crippen LogP contribution < -0.4 is 4.74 Å². The fraction of sp³-hybridized carbons (Fsp3) is 0.471. The van der Waals surface area contributed by atoms with Crippen molar-refractivity contribution in [3.05, 3.63) is 42.0 Å². The van der Waals surface area contributed by atoms with Crippen LogP contribution in [-0.4, -0.2) is 35.7 Å². The first kappa shape index (κ1) is 17.9. The lowest BCUT2D eigenvalue weighted by Crippen LogP contribution is -2.38. The van der Waals surface area contributed by atoms with Crippen molar-refractivity contribution in [3.8, 4) is 5.75 Å². The normalized spacial score (nSPS) is 19.1. The Morgan fingerprint density at radius 3 is 2.80 bits per heavy atom. The van der Waals surface area contributed by atoms with Gasteiger partial charge < -0.3 is 4.74 Å². The third kappa shape index (κ3) is 3.55. The van der Waals surface area contributed by atoms with Crippen molar-refractivity contribution in [1.82, 2.24) is 14.1 Å². The third-order valence-electron chi connectivity index (χ3n) is 4.37. The molecule has 1 aliphatic rings. The van der Waals surface area contributed by atoms with E-state index < -0.39 is 15.8 Å². The molecule has 2 aromatic rings. The number of ether oxygens (including phenoxy) is 1. The largest absolute Gasteiger partial charge is 0.491 e. The molecule has 2 heterocycles. The predicted molar refractivity (Wildman–Crippen MR) is 91.3 cm³/mol. The number of benzene rings is 1. The van der Waals surface area contributed by atoms with Crippen molar-refractivity contribution in [1.29, 1.82) is 0 Å². The van der Waals surface area contributed by atoms with Crippen molar-refractivity contribution in [2.45, 2.75) is 37.1 Å². The van der Waals surface area contributed by atoms with Gasteiger partial charge in [0.1, 0.15) is 0 Å². The molecule has 1 unspecified atom stereocenters. The smallest absolute Gasteiger partial charge is 0.243 e. The minimum atomic E-state index is -3.80. The Kier molecular flexibility index (Phi) is 5.10. The molecule has 0 bridgehead atoms. The summed E-state index contributed by atoms with van der Waals surface area (Å²) < 4.78 is 48.6.